The Morgan fingerprint density at radius 3 is 2.73 bits per heavy atom. The van der Waals surface area contributed by atoms with Crippen molar-refractivity contribution in [3.05, 3.63) is 0 Å². The number of hydrogen-bond donors (Lipinski definition) is 1. The number of ether oxygens (including phenoxy) is 1. The van der Waals surface area contributed by atoms with E-state index >= 15 is 0 Å². The van der Waals surface area contributed by atoms with Gasteiger partial charge in [-0.2, -0.15) is 0 Å². The Hall–Kier alpha value is -0.610. The average Bonchev–Trinajstić information content (AvgIpc) is 2.59. The summed E-state index contributed by atoms with van der Waals surface area (Å²) >= 11 is 0. The molecule has 1 atom stereocenters. The van der Waals surface area contributed by atoms with Gasteiger partial charge in [0, 0.05) is 20.0 Å². The van der Waals surface area contributed by atoms with E-state index in [1.807, 2.05) is 7.05 Å². The predicted molar refractivity (Wildman–Crippen MR) is 57.6 cm³/mol. The number of amides is 1. The van der Waals surface area contributed by atoms with Crippen molar-refractivity contribution in [1.29, 1.82) is 0 Å². The molecule has 0 spiro atoms. The molecule has 15 heavy (non-hydrogen) atoms. The average molecular weight is 212 g/mol. The monoisotopic (exact) mass is 212 g/mol. The zero-order valence-electron chi connectivity index (χ0n) is 9.37. The Morgan fingerprint density at radius 1 is 1.40 bits per heavy atom. The third-order valence-electron chi connectivity index (χ3n) is 3.37. The molecule has 2 heterocycles. The van der Waals surface area contributed by atoms with Crippen molar-refractivity contribution in [2.24, 2.45) is 5.92 Å². The highest BCUT2D eigenvalue weighted by atomic mass is 16.5. The van der Waals surface area contributed by atoms with Crippen LogP contribution in [0.2, 0.25) is 0 Å². The molecule has 4 heteroatoms. The first-order valence-electron chi connectivity index (χ1n) is 5.84. The van der Waals surface area contributed by atoms with Crippen molar-refractivity contribution in [2.45, 2.75) is 25.4 Å². The minimum Gasteiger partial charge on any atom is -0.368 e. The summed E-state index contributed by atoms with van der Waals surface area (Å²) < 4.78 is 5.71. The molecule has 1 N–H and O–H groups in total. The van der Waals surface area contributed by atoms with Crippen molar-refractivity contribution in [2.75, 3.05) is 33.3 Å². The van der Waals surface area contributed by atoms with Crippen LogP contribution < -0.4 is 5.32 Å². The van der Waals surface area contributed by atoms with Gasteiger partial charge in [0.2, 0.25) is 0 Å². The van der Waals surface area contributed by atoms with Crippen LogP contribution in [-0.4, -0.2) is 50.2 Å². The van der Waals surface area contributed by atoms with E-state index in [0.717, 1.165) is 32.7 Å². The number of nitrogens with zero attached hydrogens (tertiary/aromatic N) is 1. The van der Waals surface area contributed by atoms with Crippen LogP contribution in [-0.2, 0) is 9.53 Å². The molecule has 0 aromatic heterocycles. The lowest BCUT2D eigenvalue weighted by Crippen LogP contribution is -2.33. The van der Waals surface area contributed by atoms with Crippen molar-refractivity contribution in [1.82, 2.24) is 10.2 Å². The highest BCUT2D eigenvalue weighted by molar-refractivity contribution is 5.82. The van der Waals surface area contributed by atoms with Gasteiger partial charge in [-0.05, 0) is 31.8 Å². The minimum atomic E-state index is -0.162. The molecule has 4 nitrogen and oxygen atoms in total. The summed E-state index contributed by atoms with van der Waals surface area (Å²) in [7, 11) is 1.84. The van der Waals surface area contributed by atoms with Crippen molar-refractivity contribution < 1.29 is 9.53 Å². The molecule has 2 aliphatic rings. The summed E-state index contributed by atoms with van der Waals surface area (Å²) in [5, 5.41) is 3.33. The van der Waals surface area contributed by atoms with Crippen LogP contribution in [0.3, 0.4) is 0 Å². The summed E-state index contributed by atoms with van der Waals surface area (Å²) in [4.78, 5) is 13.3. The maximum absolute atomic E-state index is 11.6. The number of nitrogens with one attached hydrogen (secondary N) is 1. The lowest BCUT2D eigenvalue weighted by Gasteiger charge is -2.23. The summed E-state index contributed by atoms with van der Waals surface area (Å²) in [6, 6.07) is 0. The topological polar surface area (TPSA) is 41.6 Å². The van der Waals surface area contributed by atoms with E-state index in [9.17, 15) is 4.79 Å². The summed E-state index contributed by atoms with van der Waals surface area (Å²) in [6.45, 7) is 3.78. The quantitative estimate of drug-likeness (QED) is 0.728. The number of carbonyl (C=O) groups is 1. The number of likely N-dealkylation sites (tertiary alicyclic amines) is 1. The summed E-state index contributed by atoms with van der Waals surface area (Å²) in [6.07, 6.45) is 3.05. The van der Waals surface area contributed by atoms with Gasteiger partial charge in [0.15, 0.2) is 0 Å². The number of piperidine rings is 1. The third-order valence-corrected chi connectivity index (χ3v) is 3.37. The molecule has 0 aliphatic carbocycles. The Bertz CT molecular complexity index is 227. The first-order valence-corrected chi connectivity index (χ1v) is 5.84. The molecule has 2 saturated heterocycles. The van der Waals surface area contributed by atoms with Gasteiger partial charge < -0.3 is 15.0 Å². The molecule has 1 unspecified atom stereocenters. The smallest absolute Gasteiger partial charge is 0.251 e. The second-order valence-electron chi connectivity index (χ2n) is 4.56. The molecule has 0 bridgehead atoms. The van der Waals surface area contributed by atoms with E-state index in [0.29, 0.717) is 5.92 Å². The van der Waals surface area contributed by atoms with Gasteiger partial charge in [-0.3, -0.25) is 4.79 Å². The molecule has 2 rings (SSSR count). The van der Waals surface area contributed by atoms with Crippen LogP contribution in [0.15, 0.2) is 0 Å². The van der Waals surface area contributed by atoms with Crippen LogP contribution in [0.4, 0.5) is 0 Å². The van der Waals surface area contributed by atoms with Crippen LogP contribution in [0.1, 0.15) is 19.3 Å². The van der Waals surface area contributed by atoms with Gasteiger partial charge in [0.05, 0.1) is 6.61 Å². The Labute approximate surface area is 91.0 Å². The molecule has 0 saturated carbocycles. The van der Waals surface area contributed by atoms with Gasteiger partial charge in [-0.1, -0.05) is 0 Å². The van der Waals surface area contributed by atoms with Gasteiger partial charge in [-0.25, -0.2) is 0 Å². The Morgan fingerprint density at radius 2 is 2.13 bits per heavy atom. The summed E-state index contributed by atoms with van der Waals surface area (Å²) in [5.74, 6) is 0.800. The second kappa shape index (κ2) is 4.94. The van der Waals surface area contributed by atoms with Gasteiger partial charge in [-0.15, -0.1) is 0 Å². The maximum atomic E-state index is 11.6. The van der Waals surface area contributed by atoms with E-state index in [4.69, 9.17) is 4.74 Å². The number of likely N-dealkylation sites (N-methyl/N-ethyl adjacent to an activating group) is 1. The second-order valence-corrected chi connectivity index (χ2v) is 4.56. The van der Waals surface area contributed by atoms with E-state index in [1.54, 1.807) is 4.90 Å². The molecular weight excluding hydrogens is 192 g/mol. The fraction of sp³-hybridized carbons (Fsp3) is 0.909. The Balaban J connectivity index is 1.71. The normalized spacial score (nSPS) is 28.7. The molecule has 2 fully saturated rings. The van der Waals surface area contributed by atoms with E-state index in [2.05, 4.69) is 5.32 Å². The fourth-order valence-electron chi connectivity index (χ4n) is 2.25. The largest absolute Gasteiger partial charge is 0.368 e. The van der Waals surface area contributed by atoms with Gasteiger partial charge in [0.1, 0.15) is 6.10 Å². The molecule has 2 aliphatic heterocycles. The number of hydrogen-bond acceptors (Lipinski definition) is 3. The molecular formula is C11H20N2O2. The first kappa shape index (κ1) is 10.9. The van der Waals surface area contributed by atoms with Crippen molar-refractivity contribution in [3.8, 4) is 0 Å². The first-order chi connectivity index (χ1) is 7.27. The van der Waals surface area contributed by atoms with Crippen molar-refractivity contribution in [3.63, 3.8) is 0 Å². The van der Waals surface area contributed by atoms with Crippen LogP contribution in [0.5, 0.6) is 0 Å². The van der Waals surface area contributed by atoms with Gasteiger partial charge >= 0.3 is 0 Å². The highest BCUT2D eigenvalue weighted by Crippen LogP contribution is 2.17. The van der Waals surface area contributed by atoms with Crippen molar-refractivity contribution >= 4 is 5.91 Å². The highest BCUT2D eigenvalue weighted by Gasteiger charge is 2.30. The zero-order chi connectivity index (χ0) is 10.7. The van der Waals surface area contributed by atoms with Crippen LogP contribution in [0, 0.1) is 5.92 Å². The molecule has 86 valence electrons. The number of rotatable bonds is 3. The maximum Gasteiger partial charge on any atom is 0.251 e. The molecule has 0 aromatic carbocycles. The standard InChI is InChI=1S/C11H20N2O2/c1-13-7-4-10(11(13)14)15-8-9-2-5-12-6-3-9/h9-10,12H,2-8H2,1H3. The lowest BCUT2D eigenvalue weighted by molar-refractivity contribution is -0.137. The van der Waals surface area contributed by atoms with E-state index in [-0.39, 0.29) is 12.0 Å². The van der Waals surface area contributed by atoms with Crippen LogP contribution in [0.25, 0.3) is 0 Å². The molecule has 1 amide bonds. The minimum absolute atomic E-state index is 0.156. The third kappa shape index (κ3) is 2.69. The predicted octanol–water partition coefficient (Wildman–Crippen LogP) is 0.233. The summed E-state index contributed by atoms with van der Waals surface area (Å²) in [5.41, 5.74) is 0. The SMILES string of the molecule is CN1CCC(OCC2CCNCC2)C1=O. The van der Waals surface area contributed by atoms with E-state index in [1.165, 1.54) is 12.8 Å². The lowest BCUT2D eigenvalue weighted by atomic mass is 9.99. The van der Waals surface area contributed by atoms with Gasteiger partial charge in [0.25, 0.3) is 5.91 Å². The molecule has 0 radical (unpaired) electrons. The van der Waals surface area contributed by atoms with Crippen LogP contribution >= 0.6 is 0 Å². The zero-order valence-corrected chi connectivity index (χ0v) is 9.37. The fourth-order valence-corrected chi connectivity index (χ4v) is 2.25. The molecule has 0 aromatic rings. The van der Waals surface area contributed by atoms with E-state index < -0.39 is 0 Å². The Kier molecular flexibility index (Phi) is 3.59. The number of carbonyl (C=O) groups excluding carboxylic acids is 1.